The average molecular weight is 508 g/mol. The van der Waals surface area contributed by atoms with Gasteiger partial charge in [0.1, 0.15) is 0 Å². The van der Waals surface area contributed by atoms with E-state index in [0.29, 0.717) is 33.6 Å². The molecule has 37 heavy (non-hydrogen) atoms. The van der Waals surface area contributed by atoms with Crippen LogP contribution in [0.4, 0.5) is 0 Å². The number of rotatable bonds is 0. The molecule has 0 aliphatic heterocycles. The van der Waals surface area contributed by atoms with Crippen molar-refractivity contribution in [3.63, 3.8) is 0 Å². The minimum absolute atomic E-state index is 0. The molecule has 6 rings (SSSR count). The van der Waals surface area contributed by atoms with Crippen LogP contribution in [0.15, 0.2) is 72.8 Å². The van der Waals surface area contributed by atoms with Gasteiger partial charge >= 0.3 is 9.90 Å². The SMILES string of the molecule is Cc1nc2ccccc2nc1[O-].Cc1nc2ccccc2nc1[O-].Cc1nc2ccccc2nc1[O-].[P+3]. The second-order valence-corrected chi connectivity index (χ2v) is 7.81. The van der Waals surface area contributed by atoms with Gasteiger partial charge in [0, 0.05) is 34.7 Å². The molecule has 0 unspecified atom stereocenters. The normalized spacial score (nSPS) is 10.1. The minimum Gasteiger partial charge on any atom is -0.857 e. The van der Waals surface area contributed by atoms with Crippen molar-refractivity contribution in [2.75, 3.05) is 0 Å². The van der Waals surface area contributed by atoms with E-state index in [1.807, 2.05) is 54.6 Å². The smallest absolute Gasteiger partial charge is 0.857 e. The van der Waals surface area contributed by atoms with Crippen LogP contribution in [0, 0.1) is 20.8 Å². The van der Waals surface area contributed by atoms with E-state index in [0.717, 1.165) is 16.6 Å². The molecular weight excluding hydrogens is 487 g/mol. The number of fused-ring (bicyclic) bond motifs is 3. The van der Waals surface area contributed by atoms with Crippen molar-refractivity contribution in [1.82, 2.24) is 29.9 Å². The van der Waals surface area contributed by atoms with Gasteiger partial charge in [0.05, 0.1) is 33.1 Å². The molecule has 182 valence electrons. The third-order valence-corrected chi connectivity index (χ3v) is 5.10. The van der Waals surface area contributed by atoms with E-state index in [2.05, 4.69) is 29.9 Å². The topological polar surface area (TPSA) is 147 Å². The Labute approximate surface area is 216 Å². The maximum absolute atomic E-state index is 11.1. The Morgan fingerprint density at radius 1 is 0.378 bits per heavy atom. The standard InChI is InChI=1S/3C9H8N2O.P/c3*1-6-9(12)11-8-5-3-2-4-7(8)10-6;/h3*2-5H,1H3,(H,11,12);/q;;;+3/p-3. The fourth-order valence-electron chi connectivity index (χ4n) is 3.22. The summed E-state index contributed by atoms with van der Waals surface area (Å²) in [4.78, 5) is 23.9. The van der Waals surface area contributed by atoms with Gasteiger partial charge in [-0.25, -0.2) is 0 Å². The van der Waals surface area contributed by atoms with Crippen LogP contribution in [0.2, 0.25) is 0 Å². The number of benzene rings is 3. The van der Waals surface area contributed by atoms with Crippen LogP contribution >= 0.6 is 9.90 Å². The van der Waals surface area contributed by atoms with E-state index in [9.17, 15) is 15.3 Å². The third kappa shape index (κ3) is 6.59. The van der Waals surface area contributed by atoms with Crippen LogP contribution in [-0.4, -0.2) is 29.9 Å². The number of aryl methyl sites for hydroxylation is 3. The molecule has 3 aromatic carbocycles. The summed E-state index contributed by atoms with van der Waals surface area (Å²) in [5.41, 5.74) is 5.66. The van der Waals surface area contributed by atoms with E-state index in [1.54, 1.807) is 39.0 Å². The first-order valence-electron chi connectivity index (χ1n) is 11.0. The predicted octanol–water partition coefficient (Wildman–Crippen LogP) is 3.90. The van der Waals surface area contributed by atoms with Gasteiger partial charge in [0.2, 0.25) is 0 Å². The van der Waals surface area contributed by atoms with E-state index in [1.165, 1.54) is 0 Å². The molecule has 0 aliphatic rings. The van der Waals surface area contributed by atoms with Crippen LogP contribution in [0.3, 0.4) is 0 Å². The number of aromatic nitrogens is 6. The summed E-state index contributed by atoms with van der Waals surface area (Å²) in [6.45, 7) is 5.01. The van der Waals surface area contributed by atoms with Crippen LogP contribution < -0.4 is 15.3 Å². The molecule has 0 amide bonds. The largest absolute Gasteiger partial charge is 3.00 e. The molecular formula is C27H21N6O3P. The summed E-state index contributed by atoms with van der Waals surface area (Å²) in [5.74, 6) is -0.726. The molecule has 0 bridgehead atoms. The number of para-hydroxylation sites is 6. The molecule has 0 saturated carbocycles. The summed E-state index contributed by atoms with van der Waals surface area (Å²) < 4.78 is 0. The molecule has 0 atom stereocenters. The Morgan fingerprint density at radius 2 is 0.568 bits per heavy atom. The molecule has 10 heteroatoms. The maximum atomic E-state index is 11.1. The second kappa shape index (κ2) is 12.0. The molecule has 9 nitrogen and oxygen atoms in total. The molecule has 3 heterocycles. The van der Waals surface area contributed by atoms with Crippen molar-refractivity contribution in [3.05, 3.63) is 89.9 Å². The number of hydrogen-bond acceptors (Lipinski definition) is 9. The summed E-state index contributed by atoms with van der Waals surface area (Å²) in [7, 11) is 0. The first-order valence-corrected chi connectivity index (χ1v) is 11.0. The fraction of sp³-hybridized carbons (Fsp3) is 0.111. The molecule has 0 fully saturated rings. The Kier molecular flexibility index (Phi) is 8.77. The van der Waals surface area contributed by atoms with Gasteiger partial charge < -0.3 is 15.3 Å². The third-order valence-electron chi connectivity index (χ3n) is 5.10. The van der Waals surface area contributed by atoms with Gasteiger partial charge in [-0.3, -0.25) is 29.9 Å². The number of hydrogen-bond donors (Lipinski definition) is 0. The fourth-order valence-corrected chi connectivity index (χ4v) is 3.22. The van der Waals surface area contributed by atoms with Crippen molar-refractivity contribution >= 4 is 43.0 Å². The molecule has 0 spiro atoms. The zero-order valence-electron chi connectivity index (χ0n) is 20.3. The zero-order chi connectivity index (χ0) is 25.7. The monoisotopic (exact) mass is 508 g/mol. The van der Waals surface area contributed by atoms with Gasteiger partial charge in [-0.15, -0.1) is 0 Å². The van der Waals surface area contributed by atoms with Gasteiger partial charge in [0.15, 0.2) is 0 Å². The molecule has 2 radical (unpaired) electrons. The van der Waals surface area contributed by atoms with Crippen molar-refractivity contribution < 1.29 is 15.3 Å². The van der Waals surface area contributed by atoms with Crippen molar-refractivity contribution in [1.29, 1.82) is 0 Å². The first kappa shape index (κ1) is 27.1. The average Bonchev–Trinajstić information content (AvgIpc) is 2.87. The van der Waals surface area contributed by atoms with E-state index in [4.69, 9.17) is 0 Å². The Morgan fingerprint density at radius 3 is 0.784 bits per heavy atom. The summed E-state index contributed by atoms with van der Waals surface area (Å²) in [5, 5.41) is 33.2. The second-order valence-electron chi connectivity index (χ2n) is 7.81. The van der Waals surface area contributed by atoms with Gasteiger partial charge in [0.25, 0.3) is 0 Å². The summed E-state index contributed by atoms with van der Waals surface area (Å²) in [6, 6.07) is 22.0. The summed E-state index contributed by atoms with van der Waals surface area (Å²) in [6.07, 6.45) is 0. The van der Waals surface area contributed by atoms with E-state index >= 15 is 0 Å². The molecule has 0 saturated heterocycles. The maximum Gasteiger partial charge on any atom is 3.00 e. The number of nitrogens with zero attached hydrogens (tertiary/aromatic N) is 6. The van der Waals surface area contributed by atoms with Gasteiger partial charge in [-0.05, 0) is 57.2 Å². The van der Waals surface area contributed by atoms with Crippen LogP contribution in [0.5, 0.6) is 17.6 Å². The Bertz CT molecular complexity index is 1360. The summed E-state index contributed by atoms with van der Waals surface area (Å²) >= 11 is 0. The minimum atomic E-state index is -0.242. The quantitative estimate of drug-likeness (QED) is 0.279. The van der Waals surface area contributed by atoms with Crippen LogP contribution in [0.1, 0.15) is 17.1 Å². The molecule has 0 N–H and O–H groups in total. The molecule has 6 aromatic rings. The van der Waals surface area contributed by atoms with Crippen molar-refractivity contribution in [3.8, 4) is 17.6 Å². The molecule has 3 aromatic heterocycles. The van der Waals surface area contributed by atoms with E-state index < -0.39 is 0 Å². The molecule has 0 aliphatic carbocycles. The van der Waals surface area contributed by atoms with E-state index in [-0.39, 0.29) is 27.5 Å². The first-order chi connectivity index (χ1) is 17.3. The van der Waals surface area contributed by atoms with Crippen LogP contribution in [0.25, 0.3) is 33.1 Å². The van der Waals surface area contributed by atoms with Crippen LogP contribution in [-0.2, 0) is 0 Å². The Hall–Kier alpha value is -4.49. The predicted molar refractivity (Wildman–Crippen MR) is 138 cm³/mol. The zero-order valence-corrected chi connectivity index (χ0v) is 21.2. The van der Waals surface area contributed by atoms with Crippen molar-refractivity contribution in [2.45, 2.75) is 20.8 Å². The van der Waals surface area contributed by atoms with Gasteiger partial charge in [-0.2, -0.15) is 0 Å². The van der Waals surface area contributed by atoms with Gasteiger partial charge in [-0.1, -0.05) is 36.4 Å². The van der Waals surface area contributed by atoms with Crippen molar-refractivity contribution in [2.24, 2.45) is 0 Å². The Balaban J connectivity index is 0.000000152.